The Morgan fingerprint density at radius 2 is 0.867 bits per heavy atom. The van der Waals surface area contributed by atoms with Gasteiger partial charge in [0.15, 0.2) is 0 Å². The summed E-state index contributed by atoms with van der Waals surface area (Å²) < 4.78 is 0. The van der Waals surface area contributed by atoms with E-state index < -0.39 is 0 Å². The molecule has 0 N–H and O–H groups in total. The molecule has 0 bridgehead atoms. The molecule has 5 saturated carbocycles. The van der Waals surface area contributed by atoms with Crippen molar-refractivity contribution in [2.75, 3.05) is 0 Å². The van der Waals surface area contributed by atoms with E-state index in [1.165, 1.54) is 23.7 Å². The van der Waals surface area contributed by atoms with E-state index >= 15 is 0 Å². The van der Waals surface area contributed by atoms with E-state index in [1.54, 1.807) is 57.8 Å². The highest BCUT2D eigenvalue weighted by atomic mass is 15.0. The fraction of sp³-hybridized carbons (Fsp3) is 1.00. The molecule has 5 aliphatic carbocycles. The number of hydrogen-bond acceptors (Lipinski definition) is 0. The highest BCUT2D eigenvalue weighted by molar-refractivity contribution is 5.41. The van der Waals surface area contributed by atoms with Gasteiger partial charge in [-0.3, -0.25) is 0 Å². The molecule has 0 aromatic carbocycles. The average molecular weight is 202 g/mol. The Labute approximate surface area is 92.8 Å². The molecule has 15 heavy (non-hydrogen) atoms. The standard InChI is InChI=1S/C15H22/c1-2-6-11-10(5-1)14(11)9-15(14)12-7-3-4-8-13(12)15/h10-13H,1-9H2/t10-,11-,12-,13-/m0/s1. The zero-order chi connectivity index (χ0) is 9.67. The summed E-state index contributed by atoms with van der Waals surface area (Å²) in [6.45, 7) is 0. The number of hydrogen-bond donors (Lipinski definition) is 0. The van der Waals surface area contributed by atoms with Gasteiger partial charge < -0.3 is 0 Å². The second kappa shape index (κ2) is 2.17. The van der Waals surface area contributed by atoms with Gasteiger partial charge in [0.1, 0.15) is 0 Å². The van der Waals surface area contributed by atoms with Crippen LogP contribution >= 0.6 is 0 Å². The van der Waals surface area contributed by atoms with Gasteiger partial charge >= 0.3 is 0 Å². The lowest BCUT2D eigenvalue weighted by Crippen LogP contribution is -1.91. The van der Waals surface area contributed by atoms with Gasteiger partial charge in [0, 0.05) is 0 Å². The molecule has 0 aromatic heterocycles. The van der Waals surface area contributed by atoms with Crippen molar-refractivity contribution in [2.45, 2.75) is 57.8 Å². The van der Waals surface area contributed by atoms with Crippen LogP contribution < -0.4 is 0 Å². The highest BCUT2D eigenvalue weighted by Crippen LogP contribution is 3.00. The van der Waals surface area contributed by atoms with Crippen LogP contribution in [0.1, 0.15) is 57.8 Å². The van der Waals surface area contributed by atoms with Crippen molar-refractivity contribution in [3.63, 3.8) is 0 Å². The summed E-state index contributed by atoms with van der Waals surface area (Å²) in [6.07, 6.45) is 14.4. The van der Waals surface area contributed by atoms with Crippen LogP contribution in [0.2, 0.25) is 0 Å². The summed E-state index contributed by atoms with van der Waals surface area (Å²) in [5, 5.41) is 0. The van der Waals surface area contributed by atoms with E-state index in [1.807, 2.05) is 0 Å². The molecule has 0 amide bonds. The summed E-state index contributed by atoms with van der Waals surface area (Å²) in [4.78, 5) is 0. The summed E-state index contributed by atoms with van der Waals surface area (Å²) in [5.41, 5.74) is 1.98. The quantitative estimate of drug-likeness (QED) is 0.557. The Balaban J connectivity index is 1.47. The first-order valence-electron chi connectivity index (χ1n) is 7.41. The molecule has 0 unspecified atom stereocenters. The molecule has 0 saturated heterocycles. The summed E-state index contributed by atoms with van der Waals surface area (Å²) in [5.74, 6) is 4.93. The van der Waals surface area contributed by atoms with Gasteiger partial charge in [-0.15, -0.1) is 0 Å². The molecule has 5 fully saturated rings. The third kappa shape index (κ3) is 0.666. The predicted octanol–water partition coefficient (Wildman–Crippen LogP) is 4.00. The van der Waals surface area contributed by atoms with Crippen molar-refractivity contribution in [3.8, 4) is 0 Å². The van der Waals surface area contributed by atoms with Crippen LogP contribution in [0.15, 0.2) is 0 Å². The fourth-order valence-electron chi connectivity index (χ4n) is 6.85. The molecule has 0 aliphatic heterocycles. The maximum absolute atomic E-state index is 1.70. The molecule has 0 radical (unpaired) electrons. The van der Waals surface area contributed by atoms with Gasteiger partial charge in [0.25, 0.3) is 0 Å². The first kappa shape index (κ1) is 8.14. The highest BCUT2D eigenvalue weighted by Gasteiger charge is 2.94. The third-order valence-electron chi connectivity index (χ3n) is 7.29. The molecule has 5 aliphatic rings. The Bertz CT molecular complexity index is 273. The van der Waals surface area contributed by atoms with E-state index in [2.05, 4.69) is 0 Å². The van der Waals surface area contributed by atoms with Crippen LogP contribution in [0.5, 0.6) is 0 Å². The summed E-state index contributed by atoms with van der Waals surface area (Å²) in [7, 11) is 0. The van der Waals surface area contributed by atoms with Crippen LogP contribution in [0.25, 0.3) is 0 Å². The van der Waals surface area contributed by atoms with Crippen molar-refractivity contribution in [1.29, 1.82) is 0 Å². The SMILES string of the molecule is C1CC[C@H]2[C@H](C1)C21CC12[C@H]1CCCC[C@@H]12. The third-order valence-corrected chi connectivity index (χ3v) is 7.29. The van der Waals surface area contributed by atoms with Crippen LogP contribution in [0.4, 0.5) is 0 Å². The van der Waals surface area contributed by atoms with Crippen LogP contribution in [-0.2, 0) is 0 Å². The second-order valence-electron chi connectivity index (χ2n) is 7.25. The van der Waals surface area contributed by atoms with E-state index in [-0.39, 0.29) is 0 Å². The first-order valence-corrected chi connectivity index (χ1v) is 7.41. The monoisotopic (exact) mass is 202 g/mol. The van der Waals surface area contributed by atoms with Crippen LogP contribution in [-0.4, -0.2) is 0 Å². The van der Waals surface area contributed by atoms with Crippen LogP contribution in [0, 0.1) is 34.5 Å². The Kier molecular flexibility index (Phi) is 1.18. The van der Waals surface area contributed by atoms with Crippen molar-refractivity contribution in [3.05, 3.63) is 0 Å². The Hall–Kier alpha value is 0. The Morgan fingerprint density at radius 3 is 1.20 bits per heavy atom. The Morgan fingerprint density at radius 1 is 0.533 bits per heavy atom. The smallest absolute Gasteiger partial charge is 0.0167 e. The molecule has 0 heterocycles. The molecular formula is C15H22. The minimum atomic E-state index is 0.989. The van der Waals surface area contributed by atoms with Gasteiger partial charge in [-0.25, -0.2) is 0 Å². The van der Waals surface area contributed by atoms with Gasteiger partial charge in [0.2, 0.25) is 0 Å². The lowest BCUT2D eigenvalue weighted by molar-refractivity contribution is 0.480. The van der Waals surface area contributed by atoms with E-state index in [9.17, 15) is 0 Å². The fourth-order valence-corrected chi connectivity index (χ4v) is 6.85. The first-order chi connectivity index (χ1) is 7.41. The van der Waals surface area contributed by atoms with Crippen molar-refractivity contribution in [2.24, 2.45) is 34.5 Å². The zero-order valence-electron chi connectivity index (χ0n) is 9.67. The molecule has 5 rings (SSSR count). The molecule has 0 nitrogen and oxygen atoms in total. The maximum Gasteiger partial charge on any atom is -0.0167 e. The summed E-state index contributed by atoms with van der Waals surface area (Å²) >= 11 is 0. The molecular weight excluding hydrogens is 180 g/mol. The van der Waals surface area contributed by atoms with Crippen molar-refractivity contribution >= 4 is 0 Å². The number of rotatable bonds is 0. The summed E-state index contributed by atoms with van der Waals surface area (Å²) in [6, 6.07) is 0. The van der Waals surface area contributed by atoms with Gasteiger partial charge in [-0.2, -0.15) is 0 Å². The molecule has 4 atom stereocenters. The van der Waals surface area contributed by atoms with Crippen molar-refractivity contribution in [1.82, 2.24) is 0 Å². The average Bonchev–Trinajstić information content (AvgIpc) is 3.23. The van der Waals surface area contributed by atoms with E-state index in [0.29, 0.717) is 0 Å². The number of fused-ring (bicyclic) bond motifs is 7. The molecule has 2 spiro atoms. The minimum absolute atomic E-state index is 0.989. The molecule has 82 valence electrons. The second-order valence-corrected chi connectivity index (χ2v) is 7.25. The zero-order valence-corrected chi connectivity index (χ0v) is 9.67. The normalized spacial score (nSPS) is 68.8. The maximum atomic E-state index is 1.70. The molecule has 0 heteroatoms. The van der Waals surface area contributed by atoms with Gasteiger partial charge in [-0.05, 0) is 66.6 Å². The lowest BCUT2D eigenvalue weighted by atomic mass is 10.0. The minimum Gasteiger partial charge on any atom is -0.0530 e. The van der Waals surface area contributed by atoms with Gasteiger partial charge in [-0.1, -0.05) is 25.7 Å². The van der Waals surface area contributed by atoms with Gasteiger partial charge in [0.05, 0.1) is 0 Å². The van der Waals surface area contributed by atoms with Crippen molar-refractivity contribution < 1.29 is 0 Å². The van der Waals surface area contributed by atoms with E-state index in [0.717, 1.165) is 10.8 Å². The largest absolute Gasteiger partial charge is 0.0530 e. The topological polar surface area (TPSA) is 0 Å². The predicted molar refractivity (Wildman–Crippen MR) is 60.4 cm³/mol. The lowest BCUT2D eigenvalue weighted by Gasteiger charge is -2.04. The molecule has 0 aromatic rings. The van der Waals surface area contributed by atoms with E-state index in [4.69, 9.17) is 0 Å². The van der Waals surface area contributed by atoms with Crippen LogP contribution in [0.3, 0.4) is 0 Å².